The number of ether oxygens (including phenoxy) is 1. The van der Waals surface area contributed by atoms with Crippen molar-refractivity contribution < 1.29 is 9.53 Å². The molecule has 34 heavy (non-hydrogen) atoms. The SMILES string of the molecule is C=N/C(Cl)=C\C=C(/N)Nc1ncc(C(=O)N(Cc2ccc(OC)cc2)c2c(C)cccc2Cl)s1. The van der Waals surface area contributed by atoms with Gasteiger partial charge in [0.15, 0.2) is 5.13 Å². The molecule has 7 nitrogen and oxygen atoms in total. The number of anilines is 2. The summed E-state index contributed by atoms with van der Waals surface area (Å²) in [5.41, 5.74) is 8.38. The second-order valence-corrected chi connectivity index (χ2v) is 8.89. The van der Waals surface area contributed by atoms with Crippen molar-refractivity contribution in [2.75, 3.05) is 17.3 Å². The molecule has 0 spiro atoms. The first kappa shape index (κ1) is 25.3. The maximum atomic E-state index is 13.6. The Hall–Kier alpha value is -3.33. The third-order valence-electron chi connectivity index (χ3n) is 4.72. The molecule has 0 radical (unpaired) electrons. The molecule has 0 saturated carbocycles. The third kappa shape index (κ3) is 6.38. The van der Waals surface area contributed by atoms with Crippen molar-refractivity contribution in [1.29, 1.82) is 0 Å². The predicted octanol–water partition coefficient (Wildman–Crippen LogP) is 5.95. The molecule has 3 aromatic rings. The van der Waals surface area contributed by atoms with E-state index in [2.05, 4.69) is 22.0 Å². The number of carbonyl (C=O) groups excluding carboxylic acids is 1. The number of rotatable bonds is 9. The van der Waals surface area contributed by atoms with Gasteiger partial charge in [0.1, 0.15) is 21.6 Å². The first-order chi connectivity index (χ1) is 16.3. The minimum atomic E-state index is -0.237. The van der Waals surface area contributed by atoms with E-state index in [-0.39, 0.29) is 16.9 Å². The number of nitrogens with two attached hydrogens (primary N) is 1. The number of aliphatic imine (C=N–C) groups is 1. The zero-order valence-electron chi connectivity index (χ0n) is 18.6. The Balaban J connectivity index is 1.90. The highest BCUT2D eigenvalue weighted by Gasteiger charge is 2.24. The monoisotopic (exact) mass is 515 g/mol. The smallest absolute Gasteiger partial charge is 0.270 e. The van der Waals surface area contributed by atoms with Crippen molar-refractivity contribution in [2.45, 2.75) is 13.5 Å². The topological polar surface area (TPSA) is 92.8 Å². The Labute approximate surface area is 212 Å². The van der Waals surface area contributed by atoms with Gasteiger partial charge in [0, 0.05) is 0 Å². The number of nitrogens with one attached hydrogen (secondary N) is 1. The molecule has 0 bridgehead atoms. The quantitative estimate of drug-likeness (QED) is 0.208. The highest BCUT2D eigenvalue weighted by molar-refractivity contribution is 7.17. The van der Waals surface area contributed by atoms with E-state index in [1.54, 1.807) is 18.1 Å². The first-order valence-corrected chi connectivity index (χ1v) is 11.6. The Morgan fingerprint density at radius 1 is 1.29 bits per heavy atom. The number of para-hydroxylation sites is 1. The summed E-state index contributed by atoms with van der Waals surface area (Å²) in [6, 6.07) is 13.1. The van der Waals surface area contributed by atoms with Crippen LogP contribution in [-0.2, 0) is 6.54 Å². The number of aromatic nitrogens is 1. The number of carbonyl (C=O) groups is 1. The van der Waals surface area contributed by atoms with E-state index in [0.717, 1.165) is 16.9 Å². The lowest BCUT2D eigenvalue weighted by atomic mass is 10.1. The minimum absolute atomic E-state index is 0.198. The number of methoxy groups -OCH3 is 1. The lowest BCUT2D eigenvalue weighted by Gasteiger charge is -2.25. The lowest BCUT2D eigenvalue weighted by Crippen LogP contribution is -2.30. The number of aryl methyl sites for hydroxylation is 1. The molecule has 0 aliphatic heterocycles. The first-order valence-electron chi connectivity index (χ1n) is 10.0. The van der Waals surface area contributed by atoms with Crippen LogP contribution in [0.5, 0.6) is 5.75 Å². The zero-order valence-corrected chi connectivity index (χ0v) is 20.9. The molecule has 2 aromatic carbocycles. The summed E-state index contributed by atoms with van der Waals surface area (Å²) in [4.78, 5) is 23.5. The standard InChI is InChI=1S/C24H23Cl2N5O2S/c1-15-5-4-6-18(25)22(15)31(14-16-7-9-17(33-3)10-8-16)23(32)19-13-29-24(34-19)30-21(27)12-11-20(26)28-2/h4-13H,2,14,27H2,1,3H3,(H,29,30)/b20-11-,21-12+. The minimum Gasteiger partial charge on any atom is -0.497 e. The molecular weight excluding hydrogens is 493 g/mol. The van der Waals surface area contributed by atoms with E-state index in [1.807, 2.05) is 43.3 Å². The van der Waals surface area contributed by atoms with E-state index in [0.29, 0.717) is 27.3 Å². The fraction of sp³-hybridized carbons (Fsp3) is 0.125. The summed E-state index contributed by atoms with van der Waals surface area (Å²) in [7, 11) is 1.61. The molecule has 176 valence electrons. The maximum absolute atomic E-state index is 13.6. The maximum Gasteiger partial charge on any atom is 0.270 e. The van der Waals surface area contributed by atoms with Gasteiger partial charge in [-0.2, -0.15) is 0 Å². The van der Waals surface area contributed by atoms with E-state index < -0.39 is 0 Å². The summed E-state index contributed by atoms with van der Waals surface area (Å²) in [6.45, 7) is 5.56. The predicted molar refractivity (Wildman–Crippen MR) is 141 cm³/mol. The molecule has 1 heterocycles. The van der Waals surface area contributed by atoms with Gasteiger partial charge in [-0.25, -0.2) is 4.98 Å². The van der Waals surface area contributed by atoms with E-state index in [1.165, 1.54) is 29.7 Å². The molecule has 0 aliphatic rings. The van der Waals surface area contributed by atoms with Crippen molar-refractivity contribution in [3.05, 3.63) is 92.8 Å². The van der Waals surface area contributed by atoms with Crippen LogP contribution in [0.2, 0.25) is 5.02 Å². The van der Waals surface area contributed by atoms with Crippen LogP contribution in [0, 0.1) is 6.92 Å². The molecule has 3 N–H and O–H groups in total. The molecule has 0 fully saturated rings. The van der Waals surface area contributed by atoms with Gasteiger partial charge in [0.05, 0.1) is 30.6 Å². The highest BCUT2D eigenvalue weighted by atomic mass is 35.5. The van der Waals surface area contributed by atoms with Gasteiger partial charge in [-0.1, -0.05) is 58.8 Å². The molecule has 1 aromatic heterocycles. The van der Waals surface area contributed by atoms with Gasteiger partial charge in [-0.3, -0.25) is 9.79 Å². The van der Waals surface area contributed by atoms with Crippen LogP contribution in [0.4, 0.5) is 10.8 Å². The Morgan fingerprint density at radius 2 is 2.03 bits per heavy atom. The van der Waals surface area contributed by atoms with E-state index in [4.69, 9.17) is 33.7 Å². The van der Waals surface area contributed by atoms with Gasteiger partial charge in [0.2, 0.25) is 0 Å². The number of amides is 1. The summed E-state index contributed by atoms with van der Waals surface area (Å²) >= 11 is 13.5. The Morgan fingerprint density at radius 3 is 2.68 bits per heavy atom. The lowest BCUT2D eigenvalue weighted by molar-refractivity contribution is 0.0988. The van der Waals surface area contributed by atoms with Crippen LogP contribution >= 0.6 is 34.5 Å². The Kier molecular flexibility index (Phi) is 8.70. The molecule has 1 amide bonds. The molecule has 0 atom stereocenters. The fourth-order valence-electron chi connectivity index (χ4n) is 3.07. The van der Waals surface area contributed by atoms with Crippen LogP contribution in [0.1, 0.15) is 20.8 Å². The molecule has 0 saturated heterocycles. The second-order valence-electron chi connectivity index (χ2n) is 7.07. The molecule has 3 rings (SSSR count). The van der Waals surface area contributed by atoms with Crippen molar-refractivity contribution in [1.82, 2.24) is 4.98 Å². The number of allylic oxidation sites excluding steroid dienone is 2. The Bertz CT molecular complexity index is 1220. The summed E-state index contributed by atoms with van der Waals surface area (Å²) in [5, 5.41) is 4.06. The van der Waals surface area contributed by atoms with Crippen LogP contribution in [0.3, 0.4) is 0 Å². The molecule has 0 aliphatic carbocycles. The number of benzene rings is 2. The van der Waals surface area contributed by atoms with E-state index in [9.17, 15) is 4.79 Å². The normalized spacial score (nSPS) is 11.8. The summed E-state index contributed by atoms with van der Waals surface area (Å²) < 4.78 is 5.24. The van der Waals surface area contributed by atoms with Crippen molar-refractivity contribution in [3.8, 4) is 5.75 Å². The second kappa shape index (κ2) is 11.7. The highest BCUT2D eigenvalue weighted by Crippen LogP contribution is 2.33. The van der Waals surface area contributed by atoms with Crippen LogP contribution in [0.15, 0.2) is 76.8 Å². The average Bonchev–Trinajstić information content (AvgIpc) is 3.30. The molecular formula is C24H23Cl2N5O2S. The summed E-state index contributed by atoms with van der Waals surface area (Å²) in [5.74, 6) is 0.783. The van der Waals surface area contributed by atoms with Crippen molar-refractivity contribution in [2.24, 2.45) is 10.7 Å². The van der Waals surface area contributed by atoms with E-state index >= 15 is 0 Å². The van der Waals surface area contributed by atoms with Crippen molar-refractivity contribution >= 4 is 58.0 Å². The van der Waals surface area contributed by atoms with Gasteiger partial charge in [0.25, 0.3) is 5.91 Å². The number of hydrogen-bond acceptors (Lipinski definition) is 7. The van der Waals surface area contributed by atoms with Gasteiger partial charge >= 0.3 is 0 Å². The number of thiazole rings is 1. The van der Waals surface area contributed by atoms with Gasteiger partial charge < -0.3 is 20.7 Å². The number of nitrogens with zero attached hydrogens (tertiary/aromatic N) is 3. The molecule has 10 heteroatoms. The van der Waals surface area contributed by atoms with Crippen LogP contribution in [-0.4, -0.2) is 24.7 Å². The van der Waals surface area contributed by atoms with Crippen molar-refractivity contribution in [3.63, 3.8) is 0 Å². The van der Waals surface area contributed by atoms with Gasteiger partial charge in [-0.15, -0.1) is 0 Å². The molecule has 0 unspecified atom stereocenters. The number of hydrogen-bond donors (Lipinski definition) is 2. The average molecular weight is 516 g/mol. The number of halogens is 2. The van der Waals surface area contributed by atoms with Crippen LogP contribution in [0.25, 0.3) is 0 Å². The third-order valence-corrected chi connectivity index (χ3v) is 6.17. The largest absolute Gasteiger partial charge is 0.497 e. The van der Waals surface area contributed by atoms with Gasteiger partial charge in [-0.05, 0) is 55.1 Å². The zero-order chi connectivity index (χ0) is 24.7. The fourth-order valence-corrected chi connectivity index (χ4v) is 4.24. The summed E-state index contributed by atoms with van der Waals surface area (Å²) in [6.07, 6.45) is 4.53. The van der Waals surface area contributed by atoms with Crippen LogP contribution < -0.4 is 20.7 Å².